The molecular weight excluding hydrogens is 322 g/mol. The summed E-state index contributed by atoms with van der Waals surface area (Å²) in [5.41, 5.74) is 0.108. The summed E-state index contributed by atoms with van der Waals surface area (Å²) < 4.78 is 34.2. The first-order valence-electron chi connectivity index (χ1n) is 7.72. The van der Waals surface area contributed by atoms with Crippen LogP contribution in [0.1, 0.15) is 17.3 Å². The van der Waals surface area contributed by atoms with Gasteiger partial charge in [0.05, 0.1) is 18.7 Å². The Morgan fingerprint density at radius 1 is 1.17 bits per heavy atom. The highest BCUT2D eigenvalue weighted by Crippen LogP contribution is 2.22. The van der Waals surface area contributed by atoms with Crippen LogP contribution in [0.25, 0.3) is 0 Å². The quantitative estimate of drug-likeness (QED) is 0.735. The van der Waals surface area contributed by atoms with E-state index in [2.05, 4.69) is 4.74 Å². The predicted octanol–water partition coefficient (Wildman–Crippen LogP) is 1.61. The van der Waals surface area contributed by atoms with Crippen LogP contribution in [0.5, 0.6) is 5.75 Å². The minimum absolute atomic E-state index is 0.108. The molecule has 6 nitrogen and oxygen atoms in total. The van der Waals surface area contributed by atoms with E-state index in [9.17, 15) is 18.4 Å². The molecule has 0 bridgehead atoms. The van der Waals surface area contributed by atoms with E-state index in [0.717, 1.165) is 0 Å². The van der Waals surface area contributed by atoms with Gasteiger partial charge in [-0.15, -0.1) is 0 Å². The summed E-state index contributed by atoms with van der Waals surface area (Å²) in [6, 6.07) is 5.94. The number of piperazine rings is 1. The first-order chi connectivity index (χ1) is 11.5. The maximum Gasteiger partial charge on any atom is 0.387 e. The van der Waals surface area contributed by atoms with Gasteiger partial charge in [0.1, 0.15) is 5.75 Å². The van der Waals surface area contributed by atoms with E-state index in [-0.39, 0.29) is 29.7 Å². The lowest BCUT2D eigenvalue weighted by atomic mass is 10.1. The van der Waals surface area contributed by atoms with E-state index < -0.39 is 6.61 Å². The highest BCUT2D eigenvalue weighted by molar-refractivity contribution is 5.97. The third-order valence-corrected chi connectivity index (χ3v) is 3.65. The molecule has 0 radical (unpaired) electrons. The topological polar surface area (TPSA) is 59.1 Å². The Kier molecular flexibility index (Phi) is 6.48. The number of carbonyl (C=O) groups is 2. The molecule has 0 saturated carbocycles. The van der Waals surface area contributed by atoms with Gasteiger partial charge in [-0.2, -0.15) is 8.78 Å². The van der Waals surface area contributed by atoms with E-state index in [0.29, 0.717) is 32.8 Å². The number of amides is 1. The van der Waals surface area contributed by atoms with Gasteiger partial charge in [-0.1, -0.05) is 12.1 Å². The van der Waals surface area contributed by atoms with Gasteiger partial charge in [-0.05, 0) is 19.1 Å². The molecule has 24 heavy (non-hydrogen) atoms. The molecule has 0 aromatic heterocycles. The molecule has 1 aliphatic rings. The van der Waals surface area contributed by atoms with Crippen molar-refractivity contribution in [3.63, 3.8) is 0 Å². The summed E-state index contributed by atoms with van der Waals surface area (Å²) in [5.74, 6) is -0.790. The molecule has 2 rings (SSSR count). The SMILES string of the molecule is CCOC(=O)CN1CCN(C(=O)c2ccccc2OC(F)F)CC1. The van der Waals surface area contributed by atoms with Gasteiger partial charge in [0, 0.05) is 26.2 Å². The van der Waals surface area contributed by atoms with Crippen molar-refractivity contribution >= 4 is 11.9 Å². The molecule has 0 N–H and O–H groups in total. The number of rotatable bonds is 6. The molecule has 1 amide bonds. The van der Waals surface area contributed by atoms with Crippen molar-refractivity contribution in [3.8, 4) is 5.75 Å². The molecule has 1 aromatic carbocycles. The van der Waals surface area contributed by atoms with Crippen molar-refractivity contribution in [2.75, 3.05) is 39.3 Å². The van der Waals surface area contributed by atoms with Crippen LogP contribution in [0.4, 0.5) is 8.78 Å². The highest BCUT2D eigenvalue weighted by Gasteiger charge is 2.25. The van der Waals surface area contributed by atoms with Gasteiger partial charge < -0.3 is 14.4 Å². The Morgan fingerprint density at radius 3 is 2.46 bits per heavy atom. The number of alkyl halides is 2. The van der Waals surface area contributed by atoms with Crippen LogP contribution in [0, 0.1) is 0 Å². The van der Waals surface area contributed by atoms with Crippen molar-refractivity contribution in [3.05, 3.63) is 29.8 Å². The monoisotopic (exact) mass is 342 g/mol. The Balaban J connectivity index is 1.95. The van der Waals surface area contributed by atoms with E-state index >= 15 is 0 Å². The van der Waals surface area contributed by atoms with Crippen molar-refractivity contribution < 1.29 is 27.8 Å². The average Bonchev–Trinajstić information content (AvgIpc) is 2.55. The molecular formula is C16H20F2N2O4. The fourth-order valence-electron chi connectivity index (χ4n) is 2.51. The second-order valence-electron chi connectivity index (χ2n) is 5.25. The number of halogens is 2. The van der Waals surface area contributed by atoms with Crippen molar-refractivity contribution in [1.82, 2.24) is 9.80 Å². The zero-order chi connectivity index (χ0) is 17.5. The lowest BCUT2D eigenvalue weighted by molar-refractivity contribution is -0.144. The molecule has 0 spiro atoms. The zero-order valence-corrected chi connectivity index (χ0v) is 13.4. The van der Waals surface area contributed by atoms with Crippen molar-refractivity contribution in [2.45, 2.75) is 13.5 Å². The third kappa shape index (κ3) is 4.89. The molecule has 0 aliphatic carbocycles. The molecule has 132 valence electrons. The predicted molar refractivity (Wildman–Crippen MR) is 82.1 cm³/mol. The molecule has 1 fully saturated rings. The molecule has 1 aliphatic heterocycles. The van der Waals surface area contributed by atoms with Gasteiger partial charge in [0.15, 0.2) is 0 Å². The summed E-state index contributed by atoms with van der Waals surface area (Å²) in [4.78, 5) is 27.4. The normalized spacial score (nSPS) is 15.4. The smallest absolute Gasteiger partial charge is 0.387 e. The first-order valence-corrected chi connectivity index (χ1v) is 7.72. The van der Waals surface area contributed by atoms with Gasteiger partial charge in [0.2, 0.25) is 0 Å². The van der Waals surface area contributed by atoms with Gasteiger partial charge in [0.25, 0.3) is 5.91 Å². The van der Waals surface area contributed by atoms with E-state index in [1.807, 2.05) is 4.90 Å². The number of carbonyl (C=O) groups excluding carboxylic acids is 2. The highest BCUT2D eigenvalue weighted by atomic mass is 19.3. The number of benzene rings is 1. The number of ether oxygens (including phenoxy) is 2. The molecule has 0 unspecified atom stereocenters. The Labute approximate surface area is 138 Å². The summed E-state index contributed by atoms with van der Waals surface area (Å²) in [5, 5.41) is 0. The Bertz CT molecular complexity index is 575. The third-order valence-electron chi connectivity index (χ3n) is 3.65. The molecule has 0 atom stereocenters. The summed E-state index contributed by atoms with van der Waals surface area (Å²) in [6.45, 7) is 1.11. The van der Waals surface area contributed by atoms with E-state index in [4.69, 9.17) is 4.74 Å². The van der Waals surface area contributed by atoms with Crippen LogP contribution in [0.3, 0.4) is 0 Å². The number of nitrogens with zero attached hydrogens (tertiary/aromatic N) is 2. The van der Waals surface area contributed by atoms with Gasteiger partial charge in [-0.3, -0.25) is 14.5 Å². The number of hydrogen-bond acceptors (Lipinski definition) is 5. The Morgan fingerprint density at radius 2 is 1.83 bits per heavy atom. The summed E-state index contributed by atoms with van der Waals surface area (Å²) in [7, 11) is 0. The average molecular weight is 342 g/mol. The van der Waals surface area contributed by atoms with Crippen LogP contribution >= 0.6 is 0 Å². The fourth-order valence-corrected chi connectivity index (χ4v) is 2.51. The lowest BCUT2D eigenvalue weighted by Crippen LogP contribution is -2.50. The molecule has 1 saturated heterocycles. The van der Waals surface area contributed by atoms with E-state index in [1.165, 1.54) is 18.2 Å². The van der Waals surface area contributed by atoms with E-state index in [1.54, 1.807) is 17.9 Å². The van der Waals surface area contributed by atoms with Gasteiger partial charge in [-0.25, -0.2) is 0 Å². The van der Waals surface area contributed by atoms with Crippen LogP contribution in [-0.2, 0) is 9.53 Å². The lowest BCUT2D eigenvalue weighted by Gasteiger charge is -2.34. The summed E-state index contributed by atoms with van der Waals surface area (Å²) in [6.07, 6.45) is 0. The molecule has 1 aromatic rings. The molecule has 8 heteroatoms. The fraction of sp³-hybridized carbons (Fsp3) is 0.500. The number of para-hydroxylation sites is 1. The van der Waals surface area contributed by atoms with Crippen LogP contribution < -0.4 is 4.74 Å². The minimum atomic E-state index is -2.99. The maximum absolute atomic E-state index is 12.5. The first kappa shape index (κ1) is 18.1. The van der Waals surface area contributed by atoms with Crippen LogP contribution in [0.2, 0.25) is 0 Å². The maximum atomic E-state index is 12.5. The second-order valence-corrected chi connectivity index (χ2v) is 5.25. The number of hydrogen-bond donors (Lipinski definition) is 0. The Hall–Kier alpha value is -2.22. The second kappa shape index (κ2) is 8.58. The van der Waals surface area contributed by atoms with Gasteiger partial charge >= 0.3 is 12.6 Å². The standard InChI is InChI=1S/C16H20F2N2O4/c1-2-23-14(21)11-19-7-9-20(10-8-19)15(22)12-5-3-4-6-13(12)24-16(17)18/h3-6,16H,2,7-11H2,1H3. The van der Waals surface area contributed by atoms with Crippen molar-refractivity contribution in [1.29, 1.82) is 0 Å². The molecule has 1 heterocycles. The van der Waals surface area contributed by atoms with Crippen molar-refractivity contribution in [2.24, 2.45) is 0 Å². The minimum Gasteiger partial charge on any atom is -0.465 e. The number of esters is 1. The van der Waals surface area contributed by atoms with Crippen LogP contribution in [0.15, 0.2) is 24.3 Å². The summed E-state index contributed by atoms with van der Waals surface area (Å²) >= 11 is 0. The van der Waals surface area contributed by atoms with Crippen LogP contribution in [-0.4, -0.2) is 67.6 Å². The zero-order valence-electron chi connectivity index (χ0n) is 13.4. The largest absolute Gasteiger partial charge is 0.465 e.